The summed E-state index contributed by atoms with van der Waals surface area (Å²) >= 11 is 0. The summed E-state index contributed by atoms with van der Waals surface area (Å²) < 4.78 is 6.51. The van der Waals surface area contributed by atoms with Crippen LogP contribution in [0.3, 0.4) is 0 Å². The topological polar surface area (TPSA) is 16.4 Å². The number of fused-ring (bicyclic) bond motifs is 4. The number of furan rings is 1. The van der Waals surface area contributed by atoms with Crippen LogP contribution in [-0.4, -0.2) is 0 Å². The smallest absolute Gasteiger partial charge is 0.143 e. The summed E-state index contributed by atoms with van der Waals surface area (Å²) in [7, 11) is 0. The van der Waals surface area contributed by atoms with Gasteiger partial charge in [-0.3, -0.25) is 0 Å². The molecule has 1 heterocycles. The molecule has 0 saturated heterocycles. The lowest BCUT2D eigenvalue weighted by Crippen LogP contribution is -2.16. The molecule has 0 atom stereocenters. The van der Waals surface area contributed by atoms with Gasteiger partial charge in [0.1, 0.15) is 11.2 Å². The maximum absolute atomic E-state index is 6.51. The largest absolute Gasteiger partial charge is 0.455 e. The zero-order valence-electron chi connectivity index (χ0n) is 39.7. The number of rotatable bonds is 8. The van der Waals surface area contributed by atoms with Crippen LogP contribution in [0.2, 0.25) is 0 Å². The van der Waals surface area contributed by atoms with Crippen LogP contribution in [-0.2, 0) is 10.8 Å². The van der Waals surface area contributed by atoms with Crippen LogP contribution in [0.1, 0.15) is 52.7 Å². The monoisotopic (exact) mass is 877 g/mol. The van der Waals surface area contributed by atoms with E-state index in [0.29, 0.717) is 0 Å². The Kier molecular flexibility index (Phi) is 10.7. The Bertz CT molecular complexity index is 3560. The maximum Gasteiger partial charge on any atom is 0.143 e. The molecule has 11 aromatic rings. The van der Waals surface area contributed by atoms with Gasteiger partial charge >= 0.3 is 0 Å². The Morgan fingerprint density at radius 1 is 0.338 bits per heavy atom. The van der Waals surface area contributed by atoms with E-state index in [1.807, 2.05) is 12.1 Å². The Labute approximate surface area is 400 Å². The molecule has 0 fully saturated rings. The zero-order chi connectivity index (χ0) is 46.6. The van der Waals surface area contributed by atoms with Crippen LogP contribution in [0, 0.1) is 0 Å². The second kappa shape index (κ2) is 17.0. The third-order valence-corrected chi connectivity index (χ3v) is 13.6. The van der Waals surface area contributed by atoms with Gasteiger partial charge in [-0.15, -0.1) is 0 Å². The summed E-state index contributed by atoms with van der Waals surface area (Å²) in [4.78, 5) is 2.42. The van der Waals surface area contributed by atoms with Gasteiger partial charge in [-0.1, -0.05) is 230 Å². The van der Waals surface area contributed by atoms with E-state index in [1.165, 1.54) is 60.8 Å². The van der Waals surface area contributed by atoms with Gasteiger partial charge in [0, 0.05) is 33.3 Å². The summed E-state index contributed by atoms with van der Waals surface area (Å²) in [6.07, 6.45) is 0. The van der Waals surface area contributed by atoms with E-state index < -0.39 is 0 Å². The number of para-hydroxylation sites is 3. The molecular weight excluding hydrogens is 823 g/mol. The molecule has 0 saturated carbocycles. The first kappa shape index (κ1) is 42.7. The molecule has 2 nitrogen and oxygen atoms in total. The maximum atomic E-state index is 6.51. The molecule has 1 aromatic heterocycles. The second-order valence-electron chi connectivity index (χ2n) is 20.2. The zero-order valence-corrected chi connectivity index (χ0v) is 39.7. The molecule has 0 radical (unpaired) electrons. The normalized spacial score (nSPS) is 12.0. The highest BCUT2D eigenvalue weighted by Gasteiger charge is 2.24. The summed E-state index contributed by atoms with van der Waals surface area (Å²) in [6, 6.07) is 81.9. The van der Waals surface area contributed by atoms with Crippen molar-refractivity contribution >= 4 is 49.8 Å². The summed E-state index contributed by atoms with van der Waals surface area (Å²) in [5.41, 5.74) is 19.5. The van der Waals surface area contributed by atoms with Crippen LogP contribution in [0.25, 0.3) is 88.3 Å². The van der Waals surface area contributed by atoms with Crippen molar-refractivity contribution in [1.29, 1.82) is 0 Å². The number of anilines is 3. The fourth-order valence-corrected chi connectivity index (χ4v) is 9.83. The van der Waals surface area contributed by atoms with Crippen molar-refractivity contribution in [3.63, 3.8) is 0 Å². The molecule has 10 aromatic carbocycles. The molecule has 0 aliphatic heterocycles. The molecule has 2 heteroatoms. The molecule has 0 aliphatic rings. The highest BCUT2D eigenvalue weighted by atomic mass is 16.3. The van der Waals surface area contributed by atoms with Crippen molar-refractivity contribution in [3.05, 3.63) is 236 Å². The van der Waals surface area contributed by atoms with Gasteiger partial charge in [0.2, 0.25) is 0 Å². The minimum absolute atomic E-state index is 0.00812. The van der Waals surface area contributed by atoms with E-state index in [1.54, 1.807) is 0 Å². The van der Waals surface area contributed by atoms with Crippen molar-refractivity contribution in [1.82, 2.24) is 0 Å². The lowest BCUT2D eigenvalue weighted by atomic mass is 9.78. The average Bonchev–Trinajstić information content (AvgIpc) is 3.76. The fourth-order valence-electron chi connectivity index (χ4n) is 9.83. The summed E-state index contributed by atoms with van der Waals surface area (Å²) in [5, 5.41) is 4.72. The van der Waals surface area contributed by atoms with E-state index in [2.05, 4.69) is 259 Å². The van der Waals surface area contributed by atoms with Gasteiger partial charge in [-0.2, -0.15) is 0 Å². The molecule has 0 unspecified atom stereocenters. The van der Waals surface area contributed by atoms with Gasteiger partial charge in [-0.25, -0.2) is 0 Å². The van der Waals surface area contributed by atoms with Gasteiger partial charge in [0.15, 0.2) is 0 Å². The predicted molar refractivity (Wildman–Crippen MR) is 290 cm³/mol. The molecule has 0 bridgehead atoms. The quantitative estimate of drug-likeness (QED) is 0.151. The molecule has 330 valence electrons. The van der Waals surface area contributed by atoms with E-state index in [-0.39, 0.29) is 10.8 Å². The summed E-state index contributed by atoms with van der Waals surface area (Å²) in [5.74, 6) is 0. The predicted octanol–water partition coefficient (Wildman–Crippen LogP) is 19.1. The van der Waals surface area contributed by atoms with Gasteiger partial charge in [0.05, 0.1) is 5.69 Å². The Morgan fingerprint density at radius 3 is 1.44 bits per heavy atom. The minimum atomic E-state index is -0.00812. The Morgan fingerprint density at radius 2 is 0.809 bits per heavy atom. The number of benzene rings is 10. The van der Waals surface area contributed by atoms with Crippen LogP contribution in [0.5, 0.6) is 0 Å². The van der Waals surface area contributed by atoms with Gasteiger partial charge in [0.25, 0.3) is 0 Å². The SMILES string of the molecule is CC(C)(C)c1cc(-c2cccc3cccc(-c4ccccc4N(c4ccc(-c5ccc(-c6ccccc6)cc5)cc4)c4ccc(-c5cccc6c5oc5ccccc56)cc4)c23)cc(C(C)(C)C)c1. The average molecular weight is 878 g/mol. The van der Waals surface area contributed by atoms with Crippen LogP contribution >= 0.6 is 0 Å². The van der Waals surface area contributed by atoms with Gasteiger partial charge in [-0.05, 0) is 114 Å². The lowest BCUT2D eigenvalue weighted by molar-refractivity contribution is 0.569. The summed E-state index contributed by atoms with van der Waals surface area (Å²) in [6.45, 7) is 13.9. The minimum Gasteiger partial charge on any atom is -0.455 e. The molecule has 0 N–H and O–H groups in total. The highest BCUT2D eigenvalue weighted by molar-refractivity contribution is 6.10. The van der Waals surface area contributed by atoms with Crippen LogP contribution in [0.4, 0.5) is 17.1 Å². The molecule has 0 aliphatic carbocycles. The van der Waals surface area contributed by atoms with E-state index in [4.69, 9.17) is 4.42 Å². The number of hydrogen-bond donors (Lipinski definition) is 0. The molecule has 68 heavy (non-hydrogen) atoms. The molecule has 0 spiro atoms. The first-order valence-corrected chi connectivity index (χ1v) is 23.8. The van der Waals surface area contributed by atoms with Gasteiger partial charge < -0.3 is 9.32 Å². The Hall–Kier alpha value is -7.94. The number of hydrogen-bond acceptors (Lipinski definition) is 2. The fraction of sp³-hybridized carbons (Fsp3) is 0.121. The Balaban J connectivity index is 1.06. The first-order valence-electron chi connectivity index (χ1n) is 23.8. The van der Waals surface area contributed by atoms with Crippen LogP contribution in [0.15, 0.2) is 229 Å². The van der Waals surface area contributed by atoms with E-state index >= 15 is 0 Å². The third-order valence-electron chi connectivity index (χ3n) is 13.6. The van der Waals surface area contributed by atoms with Crippen molar-refractivity contribution in [2.24, 2.45) is 0 Å². The molecular formula is C66H55NO. The van der Waals surface area contributed by atoms with Crippen molar-refractivity contribution in [2.75, 3.05) is 4.90 Å². The second-order valence-corrected chi connectivity index (χ2v) is 20.2. The van der Waals surface area contributed by atoms with E-state index in [0.717, 1.165) is 55.7 Å². The van der Waals surface area contributed by atoms with Crippen molar-refractivity contribution < 1.29 is 4.42 Å². The van der Waals surface area contributed by atoms with Crippen molar-refractivity contribution in [3.8, 4) is 55.6 Å². The first-order chi connectivity index (χ1) is 33.0. The molecule has 0 amide bonds. The lowest BCUT2D eigenvalue weighted by Gasteiger charge is -2.29. The van der Waals surface area contributed by atoms with Crippen LogP contribution < -0.4 is 4.90 Å². The molecule has 11 rings (SSSR count). The third kappa shape index (κ3) is 7.96. The standard InChI is InChI=1S/C66H55NO/c1-65(2,3)51-41-50(42-52(43-51)66(4,5)6)55-23-14-19-49-20-15-25-59(63(49)55)57-21-10-12-27-61(57)67(53-37-33-47(34-38-53)46-31-29-45(30-32-46)44-17-8-7-9-18-44)54-39-35-48(36-40-54)56-24-16-26-60-58-22-11-13-28-62(58)68-64(56)60/h7-43H,1-6H3. The van der Waals surface area contributed by atoms with E-state index in [9.17, 15) is 0 Å². The van der Waals surface area contributed by atoms with Crippen molar-refractivity contribution in [2.45, 2.75) is 52.4 Å². The highest BCUT2D eigenvalue weighted by Crippen LogP contribution is 2.47. The number of nitrogens with zero attached hydrogens (tertiary/aromatic N) is 1.